The van der Waals surface area contributed by atoms with E-state index in [4.69, 9.17) is 22.1 Å². The summed E-state index contributed by atoms with van der Waals surface area (Å²) in [5.74, 6) is 0.627. The van der Waals surface area contributed by atoms with Crippen molar-refractivity contribution in [1.82, 2.24) is 0 Å². The molecule has 4 nitrogen and oxygen atoms in total. The van der Waals surface area contributed by atoms with Gasteiger partial charge in [-0.1, -0.05) is 23.7 Å². The Balaban J connectivity index is 0.00000208. The summed E-state index contributed by atoms with van der Waals surface area (Å²) in [6.07, 6.45) is 1.50. The van der Waals surface area contributed by atoms with Gasteiger partial charge in [-0.2, -0.15) is 0 Å². The van der Waals surface area contributed by atoms with Gasteiger partial charge in [-0.15, -0.1) is 12.4 Å². The monoisotopic (exact) mass is 366 g/mol. The number of hydrogen-bond donors (Lipinski definition) is 2. The number of nitrogens with two attached hydrogens (primary N) is 1. The zero-order chi connectivity index (χ0) is 16.4. The summed E-state index contributed by atoms with van der Waals surface area (Å²) >= 11 is 5.96. The molecule has 0 unspecified atom stereocenters. The van der Waals surface area contributed by atoms with Gasteiger partial charge in [0.25, 0.3) is 0 Å². The molecule has 0 saturated heterocycles. The molecule has 3 rings (SSSR count). The maximum Gasteiger partial charge on any atom is 0.244 e. The Kier molecular flexibility index (Phi) is 5.75. The van der Waals surface area contributed by atoms with Crippen molar-refractivity contribution in [3.8, 4) is 5.75 Å². The van der Waals surface area contributed by atoms with Gasteiger partial charge in [-0.25, -0.2) is 0 Å². The highest BCUT2D eigenvalue weighted by atomic mass is 35.5. The van der Waals surface area contributed by atoms with E-state index in [2.05, 4.69) is 5.32 Å². The smallest absolute Gasteiger partial charge is 0.244 e. The zero-order valence-electron chi connectivity index (χ0n) is 13.3. The van der Waals surface area contributed by atoms with Crippen molar-refractivity contribution in [2.75, 3.05) is 5.32 Å². The Labute approximate surface area is 152 Å². The molecule has 1 amide bonds. The third-order valence-electron chi connectivity index (χ3n) is 3.98. The summed E-state index contributed by atoms with van der Waals surface area (Å²) in [4.78, 5) is 12.0. The van der Waals surface area contributed by atoms with Gasteiger partial charge in [0, 0.05) is 10.7 Å². The van der Waals surface area contributed by atoms with Crippen LogP contribution in [0.3, 0.4) is 0 Å². The number of carbonyl (C=O) groups is 1. The standard InChI is InChI=1S/C18H19ClN2O2.ClH/c1-12-9-15(23-11-13-3-2-4-14(19)10-13)5-6-16(12)21-17(22)18(20)7-8-18;/h2-6,9-10H,7-8,11,20H2,1H3,(H,21,22);1H. The lowest BCUT2D eigenvalue weighted by Gasteiger charge is -2.14. The van der Waals surface area contributed by atoms with E-state index in [1.807, 2.05) is 49.4 Å². The number of anilines is 1. The first-order valence-corrected chi connectivity index (χ1v) is 7.92. The maximum atomic E-state index is 12.0. The van der Waals surface area contributed by atoms with E-state index in [1.54, 1.807) is 0 Å². The van der Waals surface area contributed by atoms with Crippen LogP contribution in [0.5, 0.6) is 5.75 Å². The number of carbonyl (C=O) groups excluding carboxylic acids is 1. The van der Waals surface area contributed by atoms with Crippen molar-refractivity contribution in [3.63, 3.8) is 0 Å². The fraction of sp³-hybridized carbons (Fsp3) is 0.278. The summed E-state index contributed by atoms with van der Waals surface area (Å²) in [5, 5.41) is 3.58. The molecule has 24 heavy (non-hydrogen) atoms. The summed E-state index contributed by atoms with van der Waals surface area (Å²) < 4.78 is 5.77. The number of ether oxygens (including phenoxy) is 1. The molecule has 0 radical (unpaired) electrons. The molecule has 0 aromatic heterocycles. The Bertz CT molecular complexity index is 746. The van der Waals surface area contributed by atoms with Crippen molar-refractivity contribution in [2.24, 2.45) is 5.73 Å². The largest absolute Gasteiger partial charge is 0.489 e. The molecule has 0 heterocycles. The second-order valence-corrected chi connectivity index (χ2v) is 6.44. The van der Waals surface area contributed by atoms with Crippen molar-refractivity contribution in [3.05, 3.63) is 58.6 Å². The number of hydrogen-bond acceptors (Lipinski definition) is 3. The molecule has 0 spiro atoms. The average Bonchev–Trinajstić information content (AvgIpc) is 3.27. The van der Waals surface area contributed by atoms with Gasteiger partial charge in [-0.05, 0) is 61.2 Å². The van der Waals surface area contributed by atoms with Crippen LogP contribution < -0.4 is 15.8 Å². The van der Waals surface area contributed by atoms with Crippen LogP contribution >= 0.6 is 24.0 Å². The molecule has 6 heteroatoms. The molecular weight excluding hydrogens is 347 g/mol. The van der Waals surface area contributed by atoms with Gasteiger partial charge >= 0.3 is 0 Å². The molecule has 0 atom stereocenters. The molecule has 1 aliphatic carbocycles. The molecule has 1 saturated carbocycles. The highest BCUT2D eigenvalue weighted by molar-refractivity contribution is 6.30. The molecule has 0 bridgehead atoms. The summed E-state index contributed by atoms with van der Waals surface area (Å²) in [6.45, 7) is 2.37. The Morgan fingerprint density at radius 3 is 2.67 bits per heavy atom. The summed E-state index contributed by atoms with van der Waals surface area (Å²) in [5.41, 5.74) is 7.93. The van der Waals surface area contributed by atoms with Crippen molar-refractivity contribution >= 4 is 35.6 Å². The van der Waals surface area contributed by atoms with Gasteiger partial charge < -0.3 is 15.8 Å². The highest BCUT2D eigenvalue weighted by Gasteiger charge is 2.46. The molecule has 1 fully saturated rings. The number of benzene rings is 2. The van der Waals surface area contributed by atoms with E-state index < -0.39 is 5.54 Å². The summed E-state index contributed by atoms with van der Waals surface area (Å²) in [6, 6.07) is 13.1. The van der Waals surface area contributed by atoms with E-state index in [0.717, 1.165) is 35.4 Å². The fourth-order valence-electron chi connectivity index (χ4n) is 2.27. The third kappa shape index (κ3) is 4.41. The number of halogens is 2. The summed E-state index contributed by atoms with van der Waals surface area (Å²) in [7, 11) is 0. The fourth-order valence-corrected chi connectivity index (χ4v) is 2.48. The maximum absolute atomic E-state index is 12.0. The highest BCUT2D eigenvalue weighted by Crippen LogP contribution is 2.34. The predicted octanol–water partition coefficient (Wildman–Crippen LogP) is 4.08. The van der Waals surface area contributed by atoms with Gasteiger partial charge in [0.1, 0.15) is 12.4 Å². The number of amides is 1. The second-order valence-electron chi connectivity index (χ2n) is 6.01. The van der Waals surface area contributed by atoms with Crippen molar-refractivity contribution < 1.29 is 9.53 Å². The van der Waals surface area contributed by atoms with E-state index in [9.17, 15) is 4.79 Å². The number of nitrogens with one attached hydrogen (secondary N) is 1. The van der Waals surface area contributed by atoms with Crippen LogP contribution in [-0.2, 0) is 11.4 Å². The van der Waals surface area contributed by atoms with E-state index in [1.165, 1.54) is 0 Å². The zero-order valence-corrected chi connectivity index (χ0v) is 14.9. The van der Waals surface area contributed by atoms with E-state index in [-0.39, 0.29) is 18.3 Å². The Morgan fingerprint density at radius 1 is 1.29 bits per heavy atom. The van der Waals surface area contributed by atoms with Crippen LogP contribution in [0, 0.1) is 6.92 Å². The molecule has 3 N–H and O–H groups in total. The minimum atomic E-state index is -0.672. The second kappa shape index (κ2) is 7.43. The topological polar surface area (TPSA) is 64.3 Å². The molecule has 2 aromatic carbocycles. The molecular formula is C18H20Cl2N2O2. The Hall–Kier alpha value is -1.75. The third-order valence-corrected chi connectivity index (χ3v) is 4.22. The predicted molar refractivity (Wildman–Crippen MR) is 99.0 cm³/mol. The minimum absolute atomic E-state index is 0. The van der Waals surface area contributed by atoms with E-state index in [0.29, 0.717) is 11.6 Å². The molecule has 128 valence electrons. The normalized spacial score (nSPS) is 14.5. The molecule has 0 aliphatic heterocycles. The molecule has 1 aliphatic rings. The molecule has 2 aromatic rings. The number of aryl methyl sites for hydroxylation is 1. The Morgan fingerprint density at radius 2 is 2.04 bits per heavy atom. The number of rotatable bonds is 5. The van der Waals surface area contributed by atoms with E-state index >= 15 is 0 Å². The van der Waals surface area contributed by atoms with Crippen LogP contribution in [0.25, 0.3) is 0 Å². The van der Waals surface area contributed by atoms with Gasteiger partial charge in [0.2, 0.25) is 5.91 Å². The lowest BCUT2D eigenvalue weighted by atomic mass is 10.1. The SMILES string of the molecule is Cc1cc(OCc2cccc(Cl)c2)ccc1NC(=O)C1(N)CC1.Cl. The van der Waals surface area contributed by atoms with Gasteiger partial charge in [-0.3, -0.25) is 4.79 Å². The van der Waals surface area contributed by atoms with Crippen LogP contribution in [0.4, 0.5) is 5.69 Å². The quantitative estimate of drug-likeness (QED) is 0.837. The van der Waals surface area contributed by atoms with Crippen LogP contribution in [0.1, 0.15) is 24.0 Å². The van der Waals surface area contributed by atoms with Gasteiger partial charge in [0.15, 0.2) is 0 Å². The average molecular weight is 367 g/mol. The first-order chi connectivity index (χ1) is 11.0. The van der Waals surface area contributed by atoms with Crippen LogP contribution in [0.2, 0.25) is 5.02 Å². The van der Waals surface area contributed by atoms with Crippen LogP contribution in [0.15, 0.2) is 42.5 Å². The van der Waals surface area contributed by atoms with Crippen molar-refractivity contribution in [2.45, 2.75) is 31.9 Å². The lowest BCUT2D eigenvalue weighted by Crippen LogP contribution is -2.37. The van der Waals surface area contributed by atoms with Crippen LogP contribution in [-0.4, -0.2) is 11.4 Å². The first kappa shape index (κ1) is 18.6. The van der Waals surface area contributed by atoms with Crippen molar-refractivity contribution in [1.29, 1.82) is 0 Å². The van der Waals surface area contributed by atoms with Gasteiger partial charge in [0.05, 0.1) is 5.54 Å². The minimum Gasteiger partial charge on any atom is -0.489 e. The first-order valence-electron chi connectivity index (χ1n) is 7.54. The lowest BCUT2D eigenvalue weighted by molar-refractivity contribution is -0.118.